The van der Waals surface area contributed by atoms with E-state index in [-0.39, 0.29) is 15.7 Å². The Morgan fingerprint density at radius 3 is 2.84 bits per heavy atom. The van der Waals surface area contributed by atoms with Gasteiger partial charge in [-0.1, -0.05) is 11.6 Å². The maximum Gasteiger partial charge on any atom is 0.264 e. The number of sulfonamides is 1. The lowest BCUT2D eigenvalue weighted by molar-refractivity contribution is 0.601. The molecule has 2 aromatic rings. The molecule has 0 fully saturated rings. The van der Waals surface area contributed by atoms with Crippen LogP contribution in [0, 0.1) is 6.92 Å². The van der Waals surface area contributed by atoms with E-state index in [1.165, 1.54) is 17.5 Å². The molecule has 0 aliphatic carbocycles. The first kappa shape index (κ1) is 14.3. The Morgan fingerprint density at radius 2 is 2.26 bits per heavy atom. The van der Waals surface area contributed by atoms with Crippen molar-refractivity contribution in [2.24, 2.45) is 5.73 Å². The van der Waals surface area contributed by atoms with Crippen LogP contribution in [0.1, 0.15) is 9.75 Å². The number of thiophene rings is 1. The van der Waals surface area contributed by atoms with Gasteiger partial charge in [-0.25, -0.2) is 13.4 Å². The lowest BCUT2D eigenvalue weighted by Gasteiger charge is -2.07. The number of nitrogens with two attached hydrogens (primary N) is 1. The van der Waals surface area contributed by atoms with Crippen LogP contribution >= 0.6 is 22.9 Å². The number of nitrogens with zero attached hydrogens (tertiary/aromatic N) is 1. The van der Waals surface area contributed by atoms with E-state index in [0.29, 0.717) is 11.4 Å². The number of halogens is 1. The van der Waals surface area contributed by atoms with Gasteiger partial charge in [-0.3, -0.25) is 4.72 Å². The zero-order valence-corrected chi connectivity index (χ0v) is 12.4. The zero-order chi connectivity index (χ0) is 14.0. The van der Waals surface area contributed by atoms with Gasteiger partial charge in [0, 0.05) is 22.5 Å². The average molecular weight is 318 g/mol. The monoisotopic (exact) mass is 317 g/mol. The SMILES string of the molecule is Cc1sc(CN)cc1S(=O)(=O)Nc1ncccc1Cl. The lowest BCUT2D eigenvalue weighted by atomic mass is 10.4. The first-order valence-corrected chi connectivity index (χ1v) is 8.04. The molecule has 5 nitrogen and oxygen atoms in total. The van der Waals surface area contributed by atoms with Crippen molar-refractivity contribution in [3.63, 3.8) is 0 Å². The molecule has 2 rings (SSSR count). The Kier molecular flexibility index (Phi) is 4.10. The third kappa shape index (κ3) is 3.06. The van der Waals surface area contributed by atoms with Crippen LogP contribution in [0.5, 0.6) is 0 Å². The minimum atomic E-state index is -3.70. The highest BCUT2D eigenvalue weighted by atomic mass is 35.5. The molecule has 0 saturated heterocycles. The van der Waals surface area contributed by atoms with Gasteiger partial charge in [0.15, 0.2) is 5.82 Å². The minimum absolute atomic E-state index is 0.115. The summed E-state index contributed by atoms with van der Waals surface area (Å²) in [5.41, 5.74) is 5.51. The first-order chi connectivity index (χ1) is 8.94. The molecular formula is C11H12ClN3O2S2. The van der Waals surface area contributed by atoms with Crippen LogP contribution in [0.15, 0.2) is 29.3 Å². The molecule has 0 aliphatic rings. The van der Waals surface area contributed by atoms with E-state index < -0.39 is 10.0 Å². The molecule has 19 heavy (non-hydrogen) atoms. The molecule has 0 amide bonds. The summed E-state index contributed by atoms with van der Waals surface area (Å²) >= 11 is 7.24. The number of aryl methyl sites for hydroxylation is 1. The number of rotatable bonds is 4. The predicted molar refractivity (Wildman–Crippen MR) is 77.0 cm³/mol. The Bertz CT molecular complexity index is 698. The number of nitrogens with one attached hydrogen (secondary N) is 1. The Labute approximate surface area is 120 Å². The van der Waals surface area contributed by atoms with E-state index in [1.807, 2.05) is 0 Å². The smallest absolute Gasteiger partial charge is 0.264 e. The van der Waals surface area contributed by atoms with E-state index in [1.54, 1.807) is 25.1 Å². The second kappa shape index (κ2) is 5.46. The highest BCUT2D eigenvalue weighted by Crippen LogP contribution is 2.28. The van der Waals surface area contributed by atoms with Crippen LogP contribution in [0.4, 0.5) is 5.82 Å². The number of aromatic nitrogens is 1. The van der Waals surface area contributed by atoms with Crippen molar-refractivity contribution in [3.8, 4) is 0 Å². The van der Waals surface area contributed by atoms with Gasteiger partial charge in [0.2, 0.25) is 0 Å². The first-order valence-electron chi connectivity index (χ1n) is 5.37. The summed E-state index contributed by atoms with van der Waals surface area (Å²) in [6.45, 7) is 2.05. The lowest BCUT2D eigenvalue weighted by Crippen LogP contribution is -2.14. The van der Waals surface area contributed by atoms with E-state index in [2.05, 4.69) is 9.71 Å². The number of anilines is 1. The van der Waals surface area contributed by atoms with Crippen LogP contribution in [0.2, 0.25) is 5.02 Å². The molecule has 0 aromatic carbocycles. The molecule has 0 spiro atoms. The van der Waals surface area contributed by atoms with Crippen molar-refractivity contribution in [2.45, 2.75) is 18.4 Å². The van der Waals surface area contributed by atoms with Gasteiger partial charge in [-0.05, 0) is 25.1 Å². The molecule has 0 saturated carbocycles. The summed E-state index contributed by atoms with van der Waals surface area (Å²) in [5, 5.41) is 0.248. The maximum absolute atomic E-state index is 12.3. The molecule has 0 bridgehead atoms. The van der Waals surface area contributed by atoms with Crippen LogP contribution in [-0.4, -0.2) is 13.4 Å². The Morgan fingerprint density at radius 1 is 1.53 bits per heavy atom. The van der Waals surface area contributed by atoms with Gasteiger partial charge in [0.1, 0.15) is 4.90 Å². The van der Waals surface area contributed by atoms with Gasteiger partial charge in [0.05, 0.1) is 5.02 Å². The van der Waals surface area contributed by atoms with Gasteiger partial charge in [-0.15, -0.1) is 11.3 Å². The van der Waals surface area contributed by atoms with E-state index in [4.69, 9.17) is 17.3 Å². The van der Waals surface area contributed by atoms with E-state index >= 15 is 0 Å². The molecule has 0 radical (unpaired) electrons. The fourth-order valence-electron chi connectivity index (χ4n) is 1.53. The molecule has 3 N–H and O–H groups in total. The molecule has 102 valence electrons. The largest absolute Gasteiger partial charge is 0.326 e. The molecule has 2 aromatic heterocycles. The predicted octanol–water partition coefficient (Wildman–Crippen LogP) is 2.36. The topological polar surface area (TPSA) is 85.1 Å². The second-order valence-corrected chi connectivity index (χ2v) is 7.18. The van der Waals surface area contributed by atoms with E-state index in [0.717, 1.165) is 4.88 Å². The molecule has 0 atom stereocenters. The standard InChI is InChI=1S/C11H12ClN3O2S2/c1-7-10(5-8(6-13)18-7)19(16,17)15-11-9(12)3-2-4-14-11/h2-5H,6,13H2,1H3,(H,14,15). The summed E-state index contributed by atoms with van der Waals surface area (Å²) in [6.07, 6.45) is 1.47. The third-order valence-electron chi connectivity index (χ3n) is 2.40. The molecule has 0 unspecified atom stereocenters. The van der Waals surface area contributed by atoms with Gasteiger partial charge in [0.25, 0.3) is 10.0 Å². The fourth-order valence-corrected chi connectivity index (χ4v) is 4.30. The number of hydrogen-bond donors (Lipinski definition) is 2. The van der Waals surface area contributed by atoms with Crippen molar-refractivity contribution >= 4 is 38.8 Å². The van der Waals surface area contributed by atoms with Crippen LogP contribution in [0.3, 0.4) is 0 Å². The quantitative estimate of drug-likeness (QED) is 0.906. The highest BCUT2D eigenvalue weighted by molar-refractivity contribution is 7.93. The summed E-state index contributed by atoms with van der Waals surface area (Å²) in [7, 11) is -3.70. The Balaban J connectivity index is 2.38. The normalized spacial score (nSPS) is 11.5. The minimum Gasteiger partial charge on any atom is -0.326 e. The highest BCUT2D eigenvalue weighted by Gasteiger charge is 2.21. The van der Waals surface area contributed by atoms with Crippen molar-refractivity contribution in [1.82, 2.24) is 4.98 Å². The van der Waals surface area contributed by atoms with Crippen LogP contribution in [0.25, 0.3) is 0 Å². The summed E-state index contributed by atoms with van der Waals surface area (Å²) in [5.74, 6) is 0.115. The number of hydrogen-bond acceptors (Lipinski definition) is 5. The maximum atomic E-state index is 12.3. The van der Waals surface area contributed by atoms with Gasteiger partial charge < -0.3 is 5.73 Å². The molecular weight excluding hydrogens is 306 g/mol. The number of pyridine rings is 1. The van der Waals surface area contributed by atoms with Crippen LogP contribution < -0.4 is 10.5 Å². The van der Waals surface area contributed by atoms with Crippen molar-refractivity contribution in [1.29, 1.82) is 0 Å². The fraction of sp³-hybridized carbons (Fsp3) is 0.182. The molecule has 2 heterocycles. The van der Waals surface area contributed by atoms with Crippen molar-refractivity contribution in [3.05, 3.63) is 39.2 Å². The average Bonchev–Trinajstić information content (AvgIpc) is 2.74. The van der Waals surface area contributed by atoms with Crippen LogP contribution in [-0.2, 0) is 16.6 Å². The van der Waals surface area contributed by atoms with Gasteiger partial charge >= 0.3 is 0 Å². The molecule has 8 heteroatoms. The molecule has 0 aliphatic heterocycles. The summed E-state index contributed by atoms with van der Waals surface area (Å²) in [4.78, 5) is 5.60. The van der Waals surface area contributed by atoms with E-state index in [9.17, 15) is 8.42 Å². The van der Waals surface area contributed by atoms with Crippen molar-refractivity contribution < 1.29 is 8.42 Å². The van der Waals surface area contributed by atoms with Crippen molar-refractivity contribution in [2.75, 3.05) is 4.72 Å². The third-order valence-corrected chi connectivity index (χ3v) is 5.38. The Hall–Kier alpha value is -1.15. The second-order valence-electron chi connectivity index (χ2n) is 3.78. The zero-order valence-electron chi connectivity index (χ0n) is 10.1. The van der Waals surface area contributed by atoms with Gasteiger partial charge in [-0.2, -0.15) is 0 Å². The summed E-state index contributed by atoms with van der Waals surface area (Å²) in [6, 6.07) is 4.76. The summed E-state index contributed by atoms with van der Waals surface area (Å²) < 4.78 is 26.9.